The van der Waals surface area contributed by atoms with Gasteiger partial charge in [0.25, 0.3) is 0 Å². The number of halogens is 1. The summed E-state index contributed by atoms with van der Waals surface area (Å²) in [5, 5.41) is 10.7. The van der Waals surface area contributed by atoms with Crippen molar-refractivity contribution >= 4 is 11.6 Å². The molecule has 17 heavy (non-hydrogen) atoms. The van der Waals surface area contributed by atoms with Crippen LogP contribution in [0.15, 0.2) is 12.1 Å². The maximum atomic E-state index is 10.0. The summed E-state index contributed by atoms with van der Waals surface area (Å²) in [5.41, 5.74) is 1.61. The Balaban J connectivity index is 2.41. The van der Waals surface area contributed by atoms with Crippen molar-refractivity contribution in [1.29, 1.82) is 0 Å². The first kappa shape index (κ1) is 12.7. The van der Waals surface area contributed by atoms with Gasteiger partial charge < -0.3 is 9.84 Å². The second-order valence-corrected chi connectivity index (χ2v) is 5.68. The molecule has 0 aliphatic heterocycles. The van der Waals surface area contributed by atoms with Gasteiger partial charge in [-0.05, 0) is 42.0 Å². The van der Waals surface area contributed by atoms with Crippen molar-refractivity contribution in [2.75, 3.05) is 7.11 Å². The van der Waals surface area contributed by atoms with E-state index < -0.39 is 5.60 Å². The van der Waals surface area contributed by atoms with E-state index in [1.807, 2.05) is 12.1 Å². The Labute approximate surface area is 108 Å². The standard InChI is InChI=1S/C14H19ClO2/c1-9(2)12-7-11(15)6-10(13(12)17-3)8-14(16)4-5-14/h6-7,9,16H,4-5,8H2,1-3H3. The molecule has 3 heteroatoms. The van der Waals surface area contributed by atoms with Crippen molar-refractivity contribution in [2.45, 2.75) is 44.6 Å². The zero-order chi connectivity index (χ0) is 12.6. The molecule has 1 aliphatic rings. The quantitative estimate of drug-likeness (QED) is 0.891. The molecular formula is C14H19ClO2. The Morgan fingerprint density at radius 2 is 2.06 bits per heavy atom. The fraction of sp³-hybridized carbons (Fsp3) is 0.571. The van der Waals surface area contributed by atoms with Crippen LogP contribution in [0.4, 0.5) is 0 Å². The average Bonchev–Trinajstić information content (AvgIpc) is 2.95. The van der Waals surface area contributed by atoms with E-state index >= 15 is 0 Å². The number of hydrogen-bond acceptors (Lipinski definition) is 2. The van der Waals surface area contributed by atoms with E-state index in [1.54, 1.807) is 7.11 Å². The Morgan fingerprint density at radius 1 is 1.41 bits per heavy atom. The number of benzene rings is 1. The van der Waals surface area contributed by atoms with Gasteiger partial charge in [0.2, 0.25) is 0 Å². The molecule has 1 saturated carbocycles. The van der Waals surface area contributed by atoms with Gasteiger partial charge in [-0.3, -0.25) is 0 Å². The number of ether oxygens (including phenoxy) is 1. The van der Waals surface area contributed by atoms with Gasteiger partial charge in [-0.25, -0.2) is 0 Å². The smallest absolute Gasteiger partial charge is 0.125 e. The summed E-state index contributed by atoms with van der Waals surface area (Å²) in [5.74, 6) is 1.24. The van der Waals surface area contributed by atoms with E-state index in [9.17, 15) is 5.11 Å². The van der Waals surface area contributed by atoms with Gasteiger partial charge in [0.15, 0.2) is 0 Å². The van der Waals surface area contributed by atoms with E-state index in [4.69, 9.17) is 16.3 Å². The van der Waals surface area contributed by atoms with Gasteiger partial charge in [0.05, 0.1) is 12.7 Å². The molecule has 0 radical (unpaired) electrons. The van der Waals surface area contributed by atoms with Crippen LogP contribution in [-0.4, -0.2) is 17.8 Å². The molecule has 94 valence electrons. The van der Waals surface area contributed by atoms with Gasteiger partial charge in [0, 0.05) is 11.4 Å². The van der Waals surface area contributed by atoms with Crippen molar-refractivity contribution in [2.24, 2.45) is 0 Å². The van der Waals surface area contributed by atoms with E-state index in [-0.39, 0.29) is 0 Å². The lowest BCUT2D eigenvalue weighted by Gasteiger charge is -2.18. The fourth-order valence-electron chi connectivity index (χ4n) is 2.16. The second-order valence-electron chi connectivity index (χ2n) is 5.24. The van der Waals surface area contributed by atoms with Crippen LogP contribution < -0.4 is 4.74 Å². The Kier molecular flexibility index (Phi) is 3.37. The van der Waals surface area contributed by atoms with Crippen LogP contribution >= 0.6 is 11.6 Å². The average molecular weight is 255 g/mol. The molecule has 0 atom stereocenters. The molecule has 1 aromatic carbocycles. The second kappa shape index (κ2) is 4.51. The lowest BCUT2D eigenvalue weighted by Crippen LogP contribution is -2.12. The molecule has 0 spiro atoms. The lowest BCUT2D eigenvalue weighted by atomic mass is 9.96. The van der Waals surface area contributed by atoms with Crippen LogP contribution in [0.2, 0.25) is 5.02 Å². The molecule has 1 aromatic rings. The number of rotatable bonds is 4. The summed E-state index contributed by atoms with van der Waals surface area (Å²) in [6.45, 7) is 4.23. The molecule has 2 rings (SSSR count). The molecule has 0 unspecified atom stereocenters. The summed E-state index contributed by atoms with van der Waals surface area (Å²) in [7, 11) is 1.68. The molecule has 1 aliphatic carbocycles. The van der Waals surface area contributed by atoms with Gasteiger partial charge >= 0.3 is 0 Å². The lowest BCUT2D eigenvalue weighted by molar-refractivity contribution is 0.150. The third kappa shape index (κ3) is 2.75. The van der Waals surface area contributed by atoms with Crippen LogP contribution in [0.25, 0.3) is 0 Å². The highest BCUT2D eigenvalue weighted by Gasteiger charge is 2.41. The van der Waals surface area contributed by atoms with Gasteiger partial charge in [-0.1, -0.05) is 25.4 Å². The third-order valence-corrected chi connectivity index (χ3v) is 3.55. The van der Waals surface area contributed by atoms with Gasteiger partial charge in [-0.2, -0.15) is 0 Å². The zero-order valence-corrected chi connectivity index (χ0v) is 11.3. The number of hydrogen-bond donors (Lipinski definition) is 1. The predicted molar refractivity (Wildman–Crippen MR) is 70.0 cm³/mol. The minimum absolute atomic E-state index is 0.358. The molecule has 0 bridgehead atoms. The van der Waals surface area contributed by atoms with Crippen molar-refractivity contribution in [1.82, 2.24) is 0 Å². The number of methoxy groups -OCH3 is 1. The highest BCUT2D eigenvalue weighted by Crippen LogP contribution is 2.42. The topological polar surface area (TPSA) is 29.5 Å². The van der Waals surface area contributed by atoms with Crippen molar-refractivity contribution in [3.05, 3.63) is 28.3 Å². The summed E-state index contributed by atoms with van der Waals surface area (Å²) >= 11 is 6.14. The molecule has 1 fully saturated rings. The van der Waals surface area contributed by atoms with Crippen molar-refractivity contribution in [3.63, 3.8) is 0 Å². The van der Waals surface area contributed by atoms with Crippen LogP contribution in [0.1, 0.15) is 43.7 Å². The maximum Gasteiger partial charge on any atom is 0.125 e. The minimum atomic E-state index is -0.522. The Morgan fingerprint density at radius 3 is 2.53 bits per heavy atom. The first-order valence-corrected chi connectivity index (χ1v) is 6.42. The first-order chi connectivity index (χ1) is 7.95. The summed E-state index contributed by atoms with van der Waals surface area (Å²) in [6.07, 6.45) is 2.38. The molecular weight excluding hydrogens is 236 g/mol. The Bertz CT molecular complexity index is 422. The first-order valence-electron chi connectivity index (χ1n) is 6.04. The summed E-state index contributed by atoms with van der Waals surface area (Å²) < 4.78 is 5.50. The molecule has 1 N–H and O–H groups in total. The van der Waals surface area contributed by atoms with E-state index in [2.05, 4.69) is 13.8 Å². The predicted octanol–water partition coefficient (Wildman–Crippen LogP) is 3.54. The SMILES string of the molecule is COc1c(CC2(O)CC2)cc(Cl)cc1C(C)C. The van der Waals surface area contributed by atoms with E-state index in [1.165, 1.54) is 0 Å². The van der Waals surface area contributed by atoms with Crippen LogP contribution in [-0.2, 0) is 6.42 Å². The van der Waals surface area contributed by atoms with Crippen molar-refractivity contribution < 1.29 is 9.84 Å². The van der Waals surface area contributed by atoms with Crippen LogP contribution in [0.3, 0.4) is 0 Å². The molecule has 0 saturated heterocycles. The van der Waals surface area contributed by atoms with Gasteiger partial charge in [-0.15, -0.1) is 0 Å². The maximum absolute atomic E-state index is 10.0. The van der Waals surface area contributed by atoms with E-state index in [0.29, 0.717) is 17.4 Å². The summed E-state index contributed by atoms with van der Waals surface area (Å²) in [4.78, 5) is 0. The Hall–Kier alpha value is -0.730. The van der Waals surface area contributed by atoms with Crippen LogP contribution in [0, 0.1) is 0 Å². The normalized spacial score (nSPS) is 17.3. The minimum Gasteiger partial charge on any atom is -0.496 e. The number of aliphatic hydroxyl groups is 1. The van der Waals surface area contributed by atoms with E-state index in [0.717, 1.165) is 29.7 Å². The van der Waals surface area contributed by atoms with Gasteiger partial charge in [0.1, 0.15) is 5.75 Å². The monoisotopic (exact) mass is 254 g/mol. The highest BCUT2D eigenvalue weighted by molar-refractivity contribution is 6.30. The van der Waals surface area contributed by atoms with Crippen LogP contribution in [0.5, 0.6) is 5.75 Å². The molecule has 0 aromatic heterocycles. The molecule has 0 amide bonds. The molecule has 2 nitrogen and oxygen atoms in total. The largest absolute Gasteiger partial charge is 0.496 e. The zero-order valence-electron chi connectivity index (χ0n) is 10.6. The molecule has 0 heterocycles. The highest BCUT2D eigenvalue weighted by atomic mass is 35.5. The third-order valence-electron chi connectivity index (χ3n) is 3.33. The van der Waals surface area contributed by atoms with Crippen molar-refractivity contribution in [3.8, 4) is 5.75 Å². The fourth-order valence-corrected chi connectivity index (χ4v) is 2.41. The summed E-state index contributed by atoms with van der Waals surface area (Å²) in [6, 6.07) is 3.86.